The van der Waals surface area contributed by atoms with Crippen LogP contribution < -0.4 is 9.47 Å². The van der Waals surface area contributed by atoms with Crippen molar-refractivity contribution < 1.29 is 43.5 Å². The van der Waals surface area contributed by atoms with Crippen LogP contribution in [0, 0.1) is 23.7 Å². The van der Waals surface area contributed by atoms with E-state index in [9.17, 15) is 24.6 Å². The van der Waals surface area contributed by atoms with Crippen LogP contribution in [-0.2, 0) is 25.5 Å². The summed E-state index contributed by atoms with van der Waals surface area (Å²) < 4.78 is 21.7. The molecule has 0 fully saturated rings. The fourth-order valence-electron chi connectivity index (χ4n) is 5.66. The van der Waals surface area contributed by atoms with Crippen molar-refractivity contribution in [1.82, 2.24) is 0 Å². The zero-order valence-corrected chi connectivity index (χ0v) is 31.2. The summed E-state index contributed by atoms with van der Waals surface area (Å²) in [5.41, 5.74) is 7.26. The lowest BCUT2D eigenvalue weighted by Crippen LogP contribution is -2.26. The van der Waals surface area contributed by atoms with E-state index in [-0.39, 0.29) is 25.4 Å². The number of ether oxygens (including phenoxy) is 4. The molecule has 0 saturated carbocycles. The molecule has 0 amide bonds. The van der Waals surface area contributed by atoms with E-state index < -0.39 is 24.1 Å². The molecule has 0 heterocycles. The quantitative estimate of drug-likeness (QED) is 0.0893. The average Bonchev–Trinajstić information content (AvgIpc) is 3.46. The van der Waals surface area contributed by atoms with Crippen molar-refractivity contribution in [2.45, 2.75) is 46.3 Å². The molecule has 280 valence electrons. The van der Waals surface area contributed by atoms with Crippen molar-refractivity contribution in [2.24, 2.45) is 0 Å². The molecule has 2 atom stereocenters. The van der Waals surface area contributed by atoms with Crippen molar-refractivity contribution >= 4 is 17.7 Å². The van der Waals surface area contributed by atoms with Gasteiger partial charge in [0.2, 0.25) is 0 Å². The van der Waals surface area contributed by atoms with Crippen LogP contribution in [0.25, 0.3) is 11.1 Å². The number of aliphatic carboxylic acids is 1. The number of carbonyl (C=O) groups is 3. The van der Waals surface area contributed by atoms with E-state index in [1.807, 2.05) is 74.5 Å². The van der Waals surface area contributed by atoms with E-state index in [0.717, 1.165) is 39.0 Å². The number of allylic oxidation sites excluding steroid dienone is 2. The number of carboxylic acid groups (broad SMARTS) is 1. The third-order valence-electron chi connectivity index (χ3n) is 8.60. The van der Waals surface area contributed by atoms with Crippen molar-refractivity contribution in [1.29, 1.82) is 0 Å². The molecule has 4 aromatic rings. The number of hydrogen-bond acceptors (Lipinski definition) is 8. The molecule has 0 aliphatic heterocycles. The van der Waals surface area contributed by atoms with Crippen LogP contribution in [0.2, 0.25) is 0 Å². The number of carboxylic acids is 1. The molecule has 0 spiro atoms. The molecular weight excluding hydrogens is 696 g/mol. The van der Waals surface area contributed by atoms with Crippen LogP contribution in [0.4, 0.5) is 0 Å². The number of hydrogen-bond donors (Lipinski definition) is 2. The monoisotopic (exact) mass is 738 g/mol. The molecule has 0 aromatic heterocycles. The summed E-state index contributed by atoms with van der Waals surface area (Å²) in [7, 11) is 0. The van der Waals surface area contributed by atoms with Crippen molar-refractivity contribution in [3.05, 3.63) is 142 Å². The minimum Gasteiger partial charge on any atom is -0.490 e. The molecule has 55 heavy (non-hydrogen) atoms. The SMILES string of the molecule is CCOC(=O)C(O)c1ccc(OC/C=C(/C)C#Cc2ccc3c(c2)C(=O)c2cc(C#C/C(C)=C/COc4ccc(CC(OCC)C(=O)O)cc4)ccc2-3)cc1. The minimum atomic E-state index is -1.34. The predicted octanol–water partition coefficient (Wildman–Crippen LogP) is 7.28. The molecule has 2 N–H and O–H groups in total. The van der Waals surface area contributed by atoms with E-state index >= 15 is 0 Å². The Morgan fingerprint density at radius 1 is 0.709 bits per heavy atom. The van der Waals surface area contributed by atoms with Crippen LogP contribution in [0.1, 0.15) is 72.0 Å². The molecule has 5 rings (SSSR count). The molecule has 4 aromatic carbocycles. The highest BCUT2D eigenvalue weighted by atomic mass is 16.5. The van der Waals surface area contributed by atoms with Gasteiger partial charge in [0.15, 0.2) is 18.0 Å². The van der Waals surface area contributed by atoms with Crippen LogP contribution >= 0.6 is 0 Å². The molecule has 1 aliphatic carbocycles. The molecule has 1 aliphatic rings. The summed E-state index contributed by atoms with van der Waals surface area (Å²) in [4.78, 5) is 36.6. The van der Waals surface area contributed by atoms with E-state index in [1.165, 1.54) is 0 Å². The van der Waals surface area contributed by atoms with Crippen LogP contribution in [0.5, 0.6) is 11.5 Å². The maximum atomic E-state index is 13.5. The second-order valence-corrected chi connectivity index (χ2v) is 12.6. The molecular formula is C46H42O9. The molecule has 9 heteroatoms. The van der Waals surface area contributed by atoms with Gasteiger partial charge in [-0.2, -0.15) is 0 Å². The fraction of sp³-hybridized carbons (Fsp3) is 0.239. The Bertz CT molecular complexity index is 2220. The number of aliphatic hydroxyl groups is 1. The summed E-state index contributed by atoms with van der Waals surface area (Å²) in [5, 5.41) is 19.4. The fourth-order valence-corrected chi connectivity index (χ4v) is 5.66. The Balaban J connectivity index is 1.14. The molecule has 0 radical (unpaired) electrons. The van der Waals surface area contributed by atoms with E-state index in [4.69, 9.17) is 18.9 Å². The van der Waals surface area contributed by atoms with Crippen molar-refractivity contribution in [2.75, 3.05) is 26.4 Å². The lowest BCUT2D eigenvalue weighted by atomic mass is 10.0. The summed E-state index contributed by atoms with van der Waals surface area (Å²) in [6, 6.07) is 25.1. The van der Waals surface area contributed by atoms with E-state index in [1.54, 1.807) is 50.2 Å². The topological polar surface area (TPSA) is 129 Å². The number of esters is 1. The Morgan fingerprint density at radius 2 is 1.22 bits per heavy atom. The van der Waals surface area contributed by atoms with Crippen LogP contribution in [-0.4, -0.2) is 60.5 Å². The van der Waals surface area contributed by atoms with Gasteiger partial charge in [-0.25, -0.2) is 9.59 Å². The van der Waals surface area contributed by atoms with Gasteiger partial charge >= 0.3 is 11.9 Å². The third-order valence-corrected chi connectivity index (χ3v) is 8.60. The highest BCUT2D eigenvalue weighted by Crippen LogP contribution is 2.37. The van der Waals surface area contributed by atoms with Gasteiger partial charge in [-0.1, -0.05) is 60.1 Å². The zero-order valence-electron chi connectivity index (χ0n) is 31.2. The largest absolute Gasteiger partial charge is 0.490 e. The third kappa shape index (κ3) is 10.8. The second kappa shape index (κ2) is 19.1. The number of carbonyl (C=O) groups excluding carboxylic acids is 2. The van der Waals surface area contributed by atoms with Gasteiger partial charge in [0.1, 0.15) is 24.7 Å². The number of aliphatic hydroxyl groups excluding tert-OH is 1. The van der Waals surface area contributed by atoms with E-state index in [2.05, 4.69) is 23.7 Å². The number of fused-ring (bicyclic) bond motifs is 3. The Morgan fingerprint density at radius 3 is 1.69 bits per heavy atom. The summed E-state index contributed by atoms with van der Waals surface area (Å²) in [5.74, 6) is 12.0. The van der Waals surface area contributed by atoms with Gasteiger partial charge < -0.3 is 29.2 Å². The number of benzene rings is 4. The van der Waals surface area contributed by atoms with Gasteiger partial charge in [0.05, 0.1) is 6.61 Å². The van der Waals surface area contributed by atoms with Gasteiger partial charge in [-0.15, -0.1) is 0 Å². The van der Waals surface area contributed by atoms with Crippen LogP contribution in [0.3, 0.4) is 0 Å². The standard InChI is InChI=1S/C46H42O9/c1-5-52-42(45(49)50)29-34-11-17-36(18-12-34)54-25-23-30(3)7-9-32-13-21-38-39-22-14-33(28-41(39)44(48)40(38)27-32)10-8-31(4)24-26-55-37-19-15-35(16-20-37)43(47)46(51)53-6-2/h11-24,27-28,42-43,47H,5-6,25-26,29H2,1-4H3,(H,49,50)/b30-23+,31-24-. The van der Waals surface area contributed by atoms with Gasteiger partial charge in [0.25, 0.3) is 0 Å². The van der Waals surface area contributed by atoms with Gasteiger partial charge in [-0.3, -0.25) is 4.79 Å². The molecule has 2 unspecified atom stereocenters. The normalized spacial score (nSPS) is 12.9. The second-order valence-electron chi connectivity index (χ2n) is 12.6. The first-order valence-corrected chi connectivity index (χ1v) is 17.9. The first-order chi connectivity index (χ1) is 26.6. The first-order valence-electron chi connectivity index (χ1n) is 17.9. The highest BCUT2D eigenvalue weighted by molar-refractivity contribution is 6.22. The Hall–Kier alpha value is -6.39. The summed E-state index contributed by atoms with van der Waals surface area (Å²) in [6.45, 7) is 8.32. The maximum Gasteiger partial charge on any atom is 0.339 e. The van der Waals surface area contributed by atoms with Crippen LogP contribution in [0.15, 0.2) is 108 Å². The highest BCUT2D eigenvalue weighted by Gasteiger charge is 2.27. The number of ketones is 1. The first kappa shape index (κ1) is 39.8. The Labute approximate surface area is 321 Å². The average molecular weight is 739 g/mol. The summed E-state index contributed by atoms with van der Waals surface area (Å²) in [6.07, 6.45) is 1.78. The zero-order chi connectivity index (χ0) is 39.3. The molecule has 0 saturated heterocycles. The molecule has 0 bridgehead atoms. The smallest absolute Gasteiger partial charge is 0.339 e. The van der Waals surface area contributed by atoms with Crippen molar-refractivity contribution in [3.63, 3.8) is 0 Å². The molecule has 9 nitrogen and oxygen atoms in total. The van der Waals surface area contributed by atoms with Gasteiger partial charge in [0, 0.05) is 35.3 Å². The van der Waals surface area contributed by atoms with E-state index in [0.29, 0.717) is 41.4 Å². The minimum absolute atomic E-state index is 0.0678. The number of rotatable bonds is 14. The lowest BCUT2D eigenvalue weighted by Gasteiger charge is -2.12. The Kier molecular flexibility index (Phi) is 13.8. The van der Waals surface area contributed by atoms with Gasteiger partial charge in [-0.05, 0) is 122 Å². The maximum absolute atomic E-state index is 13.5. The van der Waals surface area contributed by atoms with Crippen molar-refractivity contribution in [3.8, 4) is 46.3 Å². The predicted molar refractivity (Wildman–Crippen MR) is 209 cm³/mol. The summed E-state index contributed by atoms with van der Waals surface area (Å²) >= 11 is 0. The lowest BCUT2D eigenvalue weighted by molar-refractivity contribution is -0.153.